The minimum atomic E-state index is -0.532. The minimum absolute atomic E-state index is 0.232. The first kappa shape index (κ1) is 14.0. The van der Waals surface area contributed by atoms with Gasteiger partial charge in [0.15, 0.2) is 0 Å². The van der Waals surface area contributed by atoms with Crippen molar-refractivity contribution in [1.82, 2.24) is 5.32 Å². The molecule has 0 spiro atoms. The van der Waals surface area contributed by atoms with Crippen LogP contribution in [0.1, 0.15) is 19.4 Å². The number of benzene rings is 1. The third kappa shape index (κ3) is 5.71. The van der Waals surface area contributed by atoms with Gasteiger partial charge in [-0.2, -0.15) is 0 Å². The van der Waals surface area contributed by atoms with E-state index in [-0.39, 0.29) is 12.1 Å². The number of para-hydroxylation sites is 1. The summed E-state index contributed by atoms with van der Waals surface area (Å²) in [6, 6.07) is 7.78. The number of hydrogen-bond donors (Lipinski definition) is 2. The van der Waals surface area contributed by atoms with Gasteiger partial charge in [-0.05, 0) is 39.3 Å². The van der Waals surface area contributed by atoms with Crippen molar-refractivity contribution in [3.05, 3.63) is 36.8 Å². The topological polar surface area (TPSA) is 41.5 Å². The van der Waals surface area contributed by atoms with Crippen molar-refractivity contribution in [2.75, 3.05) is 13.2 Å². The number of ether oxygens (including phenoxy) is 1. The van der Waals surface area contributed by atoms with E-state index in [1.165, 1.54) is 0 Å². The fourth-order valence-corrected chi connectivity index (χ4v) is 1.36. The quantitative estimate of drug-likeness (QED) is 0.793. The van der Waals surface area contributed by atoms with Crippen LogP contribution in [-0.2, 0) is 0 Å². The second kappa shape index (κ2) is 6.03. The predicted octanol–water partition coefficient (Wildman–Crippen LogP) is 1.94. The number of aliphatic hydroxyl groups excluding tert-OH is 1. The van der Waals surface area contributed by atoms with Crippen LogP contribution in [0.5, 0.6) is 5.75 Å². The van der Waals surface area contributed by atoms with Crippen molar-refractivity contribution in [2.45, 2.75) is 32.4 Å². The Kier molecular flexibility index (Phi) is 4.97. The Bertz CT molecular complexity index is 344. The molecular weight excluding hydrogens is 214 g/mol. The van der Waals surface area contributed by atoms with Gasteiger partial charge in [-0.15, -0.1) is 0 Å². The Morgan fingerprint density at radius 1 is 1.41 bits per heavy atom. The molecular formula is C14H22NO2. The SMILES string of the molecule is [CH2]C(C)(C)NCC(O)COc1ccccc1C. The lowest BCUT2D eigenvalue weighted by Crippen LogP contribution is -2.42. The third-order valence-corrected chi connectivity index (χ3v) is 2.34. The molecule has 0 saturated carbocycles. The Labute approximate surface area is 104 Å². The van der Waals surface area contributed by atoms with Crippen molar-refractivity contribution in [3.8, 4) is 5.75 Å². The molecule has 1 unspecified atom stereocenters. The van der Waals surface area contributed by atoms with Crippen LogP contribution in [0.3, 0.4) is 0 Å². The first-order chi connectivity index (χ1) is 7.88. The number of aryl methyl sites for hydroxylation is 1. The van der Waals surface area contributed by atoms with Crippen molar-refractivity contribution in [1.29, 1.82) is 0 Å². The van der Waals surface area contributed by atoms with E-state index in [1.807, 2.05) is 45.0 Å². The van der Waals surface area contributed by atoms with Crippen molar-refractivity contribution >= 4 is 0 Å². The van der Waals surface area contributed by atoms with E-state index in [2.05, 4.69) is 12.2 Å². The molecule has 2 N–H and O–H groups in total. The van der Waals surface area contributed by atoms with Crippen LogP contribution in [0, 0.1) is 13.8 Å². The lowest BCUT2D eigenvalue weighted by Gasteiger charge is -2.23. The molecule has 1 aromatic rings. The maximum Gasteiger partial charge on any atom is 0.122 e. The summed E-state index contributed by atoms with van der Waals surface area (Å²) in [5.41, 5.74) is 0.842. The van der Waals surface area contributed by atoms with E-state index in [9.17, 15) is 5.11 Å². The van der Waals surface area contributed by atoms with E-state index >= 15 is 0 Å². The summed E-state index contributed by atoms with van der Waals surface area (Å²) in [7, 11) is 0. The maximum atomic E-state index is 9.75. The van der Waals surface area contributed by atoms with Gasteiger partial charge in [0.05, 0.1) is 0 Å². The highest BCUT2D eigenvalue weighted by Crippen LogP contribution is 2.16. The molecule has 1 rings (SSSR count). The van der Waals surface area contributed by atoms with Gasteiger partial charge in [0, 0.05) is 12.1 Å². The Morgan fingerprint density at radius 2 is 2.06 bits per heavy atom. The van der Waals surface area contributed by atoms with Crippen molar-refractivity contribution < 1.29 is 9.84 Å². The zero-order valence-electron chi connectivity index (χ0n) is 10.9. The molecule has 0 aliphatic heterocycles. The average molecular weight is 236 g/mol. The summed E-state index contributed by atoms with van der Waals surface area (Å²) < 4.78 is 5.55. The second-order valence-electron chi connectivity index (χ2n) is 5.00. The summed E-state index contributed by atoms with van der Waals surface area (Å²) in [6.45, 7) is 10.6. The van der Waals surface area contributed by atoms with Crippen LogP contribution >= 0.6 is 0 Å². The largest absolute Gasteiger partial charge is 0.491 e. The zero-order chi connectivity index (χ0) is 12.9. The highest BCUT2D eigenvalue weighted by molar-refractivity contribution is 5.31. The van der Waals surface area contributed by atoms with E-state index < -0.39 is 6.10 Å². The molecule has 1 aromatic carbocycles. The second-order valence-corrected chi connectivity index (χ2v) is 5.00. The maximum absolute atomic E-state index is 9.75. The fraction of sp³-hybridized carbons (Fsp3) is 0.500. The summed E-state index contributed by atoms with van der Waals surface area (Å²) in [6.07, 6.45) is -0.532. The number of nitrogens with one attached hydrogen (secondary N) is 1. The van der Waals surface area contributed by atoms with Crippen molar-refractivity contribution in [3.63, 3.8) is 0 Å². The summed E-state index contributed by atoms with van der Waals surface area (Å²) in [4.78, 5) is 0. The smallest absolute Gasteiger partial charge is 0.122 e. The lowest BCUT2D eigenvalue weighted by atomic mass is 10.1. The standard InChI is InChI=1S/C14H22NO2/c1-11-7-5-6-8-13(11)17-10-12(16)9-15-14(2,3)4/h5-8,12,15-16H,2,9-10H2,1,3-4H3. The first-order valence-corrected chi connectivity index (χ1v) is 5.85. The van der Waals surface area contributed by atoms with Crippen LogP contribution in [0.15, 0.2) is 24.3 Å². The summed E-state index contributed by atoms with van der Waals surface area (Å²) in [5, 5.41) is 12.9. The highest BCUT2D eigenvalue weighted by atomic mass is 16.5. The molecule has 0 heterocycles. The van der Waals surface area contributed by atoms with E-state index in [0.29, 0.717) is 6.54 Å². The third-order valence-electron chi connectivity index (χ3n) is 2.34. The fourth-order valence-electron chi connectivity index (χ4n) is 1.36. The Morgan fingerprint density at radius 3 is 2.65 bits per heavy atom. The zero-order valence-corrected chi connectivity index (χ0v) is 10.9. The van der Waals surface area contributed by atoms with Gasteiger partial charge >= 0.3 is 0 Å². The first-order valence-electron chi connectivity index (χ1n) is 5.85. The summed E-state index contributed by atoms with van der Waals surface area (Å²) >= 11 is 0. The predicted molar refractivity (Wildman–Crippen MR) is 70.1 cm³/mol. The van der Waals surface area contributed by atoms with Gasteiger partial charge in [-0.3, -0.25) is 0 Å². The molecule has 95 valence electrons. The van der Waals surface area contributed by atoms with Crippen LogP contribution in [0.2, 0.25) is 0 Å². The van der Waals surface area contributed by atoms with Crippen molar-refractivity contribution in [2.24, 2.45) is 0 Å². The molecule has 17 heavy (non-hydrogen) atoms. The van der Waals surface area contributed by atoms with Gasteiger partial charge < -0.3 is 15.2 Å². The van der Waals surface area contributed by atoms with Gasteiger partial charge in [-0.1, -0.05) is 18.2 Å². The molecule has 0 amide bonds. The van der Waals surface area contributed by atoms with Crippen LogP contribution in [0.4, 0.5) is 0 Å². The molecule has 0 bridgehead atoms. The molecule has 0 aliphatic rings. The Balaban J connectivity index is 2.34. The van der Waals surface area contributed by atoms with Crippen LogP contribution in [0.25, 0.3) is 0 Å². The highest BCUT2D eigenvalue weighted by Gasteiger charge is 2.12. The molecule has 0 aliphatic carbocycles. The number of rotatable bonds is 6. The lowest BCUT2D eigenvalue weighted by molar-refractivity contribution is 0.101. The molecule has 0 aromatic heterocycles. The summed E-state index contributed by atoms with van der Waals surface area (Å²) in [5.74, 6) is 0.820. The van der Waals surface area contributed by atoms with E-state index in [1.54, 1.807) is 0 Å². The number of hydrogen-bond acceptors (Lipinski definition) is 3. The molecule has 3 nitrogen and oxygen atoms in total. The Hall–Kier alpha value is -1.06. The number of aliphatic hydroxyl groups is 1. The normalized spacial score (nSPS) is 13.5. The van der Waals surface area contributed by atoms with E-state index in [0.717, 1.165) is 11.3 Å². The molecule has 3 heteroatoms. The monoisotopic (exact) mass is 236 g/mol. The molecule has 0 saturated heterocycles. The molecule has 1 atom stereocenters. The van der Waals surface area contributed by atoms with Crippen LogP contribution in [-0.4, -0.2) is 29.9 Å². The minimum Gasteiger partial charge on any atom is -0.491 e. The van der Waals surface area contributed by atoms with Gasteiger partial charge in [0.25, 0.3) is 0 Å². The number of β-amino-alcohol motifs (C(OH)–C–C–N with tert-alkyl or cyclic N) is 1. The molecule has 0 fully saturated rings. The van der Waals surface area contributed by atoms with E-state index in [4.69, 9.17) is 4.74 Å². The van der Waals surface area contributed by atoms with Gasteiger partial charge in [0.2, 0.25) is 0 Å². The van der Waals surface area contributed by atoms with Gasteiger partial charge in [0.1, 0.15) is 18.5 Å². The van der Waals surface area contributed by atoms with Gasteiger partial charge in [-0.25, -0.2) is 0 Å². The molecule has 1 radical (unpaired) electrons. The van der Waals surface area contributed by atoms with Crippen LogP contribution < -0.4 is 10.1 Å². The average Bonchev–Trinajstić information content (AvgIpc) is 2.24.